The van der Waals surface area contributed by atoms with E-state index in [1.807, 2.05) is 24.3 Å². The van der Waals surface area contributed by atoms with E-state index in [4.69, 9.17) is 14.2 Å². The summed E-state index contributed by atoms with van der Waals surface area (Å²) < 4.78 is 16.9. The van der Waals surface area contributed by atoms with Crippen LogP contribution in [0.25, 0.3) is 21.9 Å². The molecule has 8 nitrogen and oxygen atoms in total. The number of H-pyrrole nitrogens is 1. The Hall–Kier alpha value is -3.81. The molecule has 2 aromatic heterocycles. The number of hydrogen-bond acceptors (Lipinski definition) is 6. The lowest BCUT2D eigenvalue weighted by molar-refractivity contribution is 0.355. The minimum absolute atomic E-state index is 0.295. The third-order valence-electron chi connectivity index (χ3n) is 4.44. The van der Waals surface area contributed by atoms with Crippen molar-refractivity contribution in [2.75, 3.05) is 21.3 Å². The summed E-state index contributed by atoms with van der Waals surface area (Å²) in [6.45, 7) is 0. The van der Waals surface area contributed by atoms with Crippen LogP contribution in [0.3, 0.4) is 0 Å². The predicted molar refractivity (Wildman–Crippen MR) is 107 cm³/mol. The largest absolute Gasteiger partial charge is 0.497 e. The molecule has 2 aromatic carbocycles. The highest BCUT2D eigenvalue weighted by Gasteiger charge is 2.11. The molecule has 0 aliphatic carbocycles. The fourth-order valence-electron chi connectivity index (χ4n) is 3.00. The summed E-state index contributed by atoms with van der Waals surface area (Å²) >= 11 is 0. The van der Waals surface area contributed by atoms with E-state index in [1.54, 1.807) is 39.7 Å². The average molecular weight is 378 g/mol. The molecule has 142 valence electrons. The van der Waals surface area contributed by atoms with Crippen molar-refractivity contribution in [1.82, 2.24) is 14.6 Å². The van der Waals surface area contributed by atoms with Crippen molar-refractivity contribution in [2.45, 2.75) is 0 Å². The lowest BCUT2D eigenvalue weighted by Gasteiger charge is -2.07. The van der Waals surface area contributed by atoms with Gasteiger partial charge in [0, 0.05) is 11.5 Å². The molecule has 4 aromatic rings. The maximum Gasteiger partial charge on any atom is 0.298 e. The second-order valence-electron chi connectivity index (χ2n) is 6.01. The zero-order chi connectivity index (χ0) is 19.7. The molecule has 0 amide bonds. The van der Waals surface area contributed by atoms with Gasteiger partial charge in [0.15, 0.2) is 11.5 Å². The van der Waals surface area contributed by atoms with E-state index in [-0.39, 0.29) is 5.56 Å². The molecule has 8 heteroatoms. The van der Waals surface area contributed by atoms with Gasteiger partial charge in [-0.2, -0.15) is 9.78 Å². The fraction of sp³-hybridized carbons (Fsp3) is 0.150. The van der Waals surface area contributed by atoms with Crippen LogP contribution in [0.4, 0.5) is 0 Å². The number of nitrogens with zero attached hydrogens (tertiary/aromatic N) is 3. The molecule has 4 rings (SSSR count). The Balaban J connectivity index is 1.75. The Morgan fingerprint density at radius 2 is 1.86 bits per heavy atom. The molecule has 28 heavy (non-hydrogen) atoms. The highest BCUT2D eigenvalue weighted by Crippen LogP contribution is 2.27. The van der Waals surface area contributed by atoms with Crippen molar-refractivity contribution in [3.05, 3.63) is 58.6 Å². The third-order valence-corrected chi connectivity index (χ3v) is 4.44. The maximum atomic E-state index is 12.8. The van der Waals surface area contributed by atoms with E-state index in [1.165, 1.54) is 11.0 Å². The monoisotopic (exact) mass is 378 g/mol. The van der Waals surface area contributed by atoms with Crippen LogP contribution >= 0.6 is 0 Å². The lowest BCUT2D eigenvalue weighted by Crippen LogP contribution is -2.17. The Morgan fingerprint density at radius 3 is 2.61 bits per heavy atom. The Bertz CT molecular complexity index is 1260. The molecule has 1 N–H and O–H groups in total. The first-order chi connectivity index (χ1) is 13.6. The lowest BCUT2D eigenvalue weighted by atomic mass is 10.2. The van der Waals surface area contributed by atoms with Gasteiger partial charge in [0.1, 0.15) is 23.1 Å². The van der Waals surface area contributed by atoms with Crippen LogP contribution < -0.4 is 19.8 Å². The van der Waals surface area contributed by atoms with Gasteiger partial charge in [-0.3, -0.25) is 4.79 Å². The first kappa shape index (κ1) is 17.6. The number of nitrogens with one attached hydrogen (secondary N) is 1. The van der Waals surface area contributed by atoms with E-state index in [2.05, 4.69) is 15.1 Å². The van der Waals surface area contributed by atoms with Crippen molar-refractivity contribution in [3.63, 3.8) is 0 Å². The molecule has 0 radical (unpaired) electrons. The van der Waals surface area contributed by atoms with Crippen LogP contribution in [0, 0.1) is 0 Å². The van der Waals surface area contributed by atoms with Crippen molar-refractivity contribution in [1.29, 1.82) is 0 Å². The van der Waals surface area contributed by atoms with E-state index in [0.29, 0.717) is 28.3 Å². The number of aromatic amines is 1. The molecular formula is C20H18N4O4. The number of methoxy groups -OCH3 is 3. The van der Waals surface area contributed by atoms with Crippen molar-refractivity contribution in [3.8, 4) is 17.2 Å². The molecule has 0 saturated heterocycles. The van der Waals surface area contributed by atoms with Crippen molar-refractivity contribution >= 4 is 28.2 Å². The van der Waals surface area contributed by atoms with Crippen LogP contribution in [0.15, 0.2) is 52.6 Å². The predicted octanol–water partition coefficient (Wildman–Crippen LogP) is 2.79. The van der Waals surface area contributed by atoms with Crippen molar-refractivity contribution in [2.24, 2.45) is 5.10 Å². The topological polar surface area (TPSA) is 90.7 Å². The molecule has 0 atom stereocenters. The van der Waals surface area contributed by atoms with Crippen LogP contribution in [-0.4, -0.2) is 42.2 Å². The van der Waals surface area contributed by atoms with Gasteiger partial charge in [0.05, 0.1) is 33.1 Å². The van der Waals surface area contributed by atoms with Gasteiger partial charge < -0.3 is 19.2 Å². The van der Waals surface area contributed by atoms with Crippen LogP contribution in [0.1, 0.15) is 5.56 Å². The number of fused-ring (bicyclic) bond motifs is 3. The minimum atomic E-state index is -0.295. The van der Waals surface area contributed by atoms with Crippen LogP contribution in [-0.2, 0) is 0 Å². The first-order valence-corrected chi connectivity index (χ1v) is 8.48. The molecule has 0 spiro atoms. The number of aromatic nitrogens is 3. The molecule has 0 fully saturated rings. The number of benzene rings is 2. The molecule has 0 bridgehead atoms. The third kappa shape index (κ3) is 2.94. The SMILES string of the molecule is COc1ccc2c(c1)[nH]c1c(=O)n(/N=C\c3ccc(OC)c(OC)c3)cnc12. The van der Waals surface area contributed by atoms with Gasteiger partial charge in [-0.05, 0) is 35.9 Å². The van der Waals surface area contributed by atoms with Crippen molar-refractivity contribution < 1.29 is 14.2 Å². The van der Waals surface area contributed by atoms with Crippen LogP contribution in [0.2, 0.25) is 0 Å². The smallest absolute Gasteiger partial charge is 0.298 e. The molecule has 0 aliphatic heterocycles. The summed E-state index contributed by atoms with van der Waals surface area (Å²) in [5, 5.41) is 5.09. The fourth-order valence-corrected chi connectivity index (χ4v) is 3.00. The average Bonchev–Trinajstić information content (AvgIpc) is 3.11. The summed E-state index contributed by atoms with van der Waals surface area (Å²) in [6, 6.07) is 10.9. The Morgan fingerprint density at radius 1 is 1.04 bits per heavy atom. The van der Waals surface area contributed by atoms with Gasteiger partial charge in [-0.25, -0.2) is 4.98 Å². The summed E-state index contributed by atoms with van der Waals surface area (Å²) in [7, 11) is 4.73. The minimum Gasteiger partial charge on any atom is -0.497 e. The Kier molecular flexibility index (Phi) is 4.44. The molecule has 0 saturated carbocycles. The quantitative estimate of drug-likeness (QED) is 0.539. The van der Waals surface area contributed by atoms with E-state index < -0.39 is 0 Å². The van der Waals surface area contributed by atoms with Gasteiger partial charge in [-0.1, -0.05) is 0 Å². The van der Waals surface area contributed by atoms with Gasteiger partial charge in [-0.15, -0.1) is 0 Å². The zero-order valence-electron chi connectivity index (χ0n) is 15.6. The van der Waals surface area contributed by atoms with Gasteiger partial charge in [0.25, 0.3) is 5.56 Å². The first-order valence-electron chi connectivity index (χ1n) is 8.48. The molecule has 2 heterocycles. The Labute approximate surface area is 160 Å². The second kappa shape index (κ2) is 7.07. The summed E-state index contributed by atoms with van der Waals surface area (Å²) in [5.74, 6) is 1.90. The van der Waals surface area contributed by atoms with E-state index >= 15 is 0 Å². The zero-order valence-corrected chi connectivity index (χ0v) is 15.6. The normalized spacial score (nSPS) is 11.4. The summed E-state index contributed by atoms with van der Waals surface area (Å²) in [6.07, 6.45) is 2.96. The highest BCUT2D eigenvalue weighted by atomic mass is 16.5. The number of hydrogen-bond donors (Lipinski definition) is 1. The molecular weight excluding hydrogens is 360 g/mol. The molecule has 0 aliphatic rings. The molecule has 0 unspecified atom stereocenters. The number of rotatable bonds is 5. The highest BCUT2D eigenvalue weighted by molar-refractivity contribution is 6.04. The second-order valence-corrected chi connectivity index (χ2v) is 6.01. The maximum absolute atomic E-state index is 12.8. The van der Waals surface area contributed by atoms with Crippen LogP contribution in [0.5, 0.6) is 17.2 Å². The van der Waals surface area contributed by atoms with E-state index in [9.17, 15) is 4.79 Å². The standard InChI is InChI=1S/C20H18N4O4/c1-26-13-5-6-14-15(9-13)23-19-18(14)21-11-24(20(19)25)22-10-12-4-7-16(27-2)17(8-12)28-3/h4-11,23H,1-3H3/b22-10-. The summed E-state index contributed by atoms with van der Waals surface area (Å²) in [4.78, 5) is 20.3. The summed E-state index contributed by atoms with van der Waals surface area (Å²) in [5.41, 5.74) is 2.22. The van der Waals surface area contributed by atoms with E-state index in [0.717, 1.165) is 16.5 Å². The number of ether oxygens (including phenoxy) is 3. The van der Waals surface area contributed by atoms with Gasteiger partial charge in [0.2, 0.25) is 0 Å². The van der Waals surface area contributed by atoms with Gasteiger partial charge >= 0.3 is 0 Å².